The van der Waals surface area contributed by atoms with Crippen LogP contribution in [0.5, 0.6) is 0 Å². The number of nitrogens with two attached hydrogens (primary N) is 1. The van der Waals surface area contributed by atoms with E-state index in [9.17, 15) is 0 Å². The van der Waals surface area contributed by atoms with Crippen LogP contribution in [0.3, 0.4) is 0 Å². The summed E-state index contributed by atoms with van der Waals surface area (Å²) >= 11 is 0. The summed E-state index contributed by atoms with van der Waals surface area (Å²) in [5.41, 5.74) is 22.6. The number of rotatable bonds is 7. The molecule has 0 atom stereocenters. The van der Waals surface area contributed by atoms with Crippen LogP contribution in [0, 0.1) is 0 Å². The molecule has 0 amide bonds. The molecule has 4 heteroatoms. The van der Waals surface area contributed by atoms with Crippen molar-refractivity contribution in [2.75, 3.05) is 10.6 Å². The Hall–Kier alpha value is -8.86. The van der Waals surface area contributed by atoms with Crippen molar-refractivity contribution in [2.24, 2.45) is 0 Å². The van der Waals surface area contributed by atoms with Gasteiger partial charge >= 0.3 is 0 Å². The number of hydrogen-bond donors (Lipinski definition) is 1. The van der Waals surface area contributed by atoms with E-state index in [2.05, 4.69) is 251 Å². The molecule has 0 radical (unpaired) electrons. The van der Waals surface area contributed by atoms with E-state index in [1.165, 1.54) is 76.9 Å². The quantitative estimate of drug-likeness (QED) is 0.162. The first-order valence-corrected chi connectivity index (χ1v) is 23.5. The molecule has 0 aliphatic heterocycles. The normalized spacial score (nSPS) is 12.4. The highest BCUT2D eigenvalue weighted by atomic mass is 15.1. The van der Waals surface area contributed by atoms with Crippen molar-refractivity contribution in [3.05, 3.63) is 261 Å². The SMILES string of the molecule is Nc1ccc(N(C2=CCCC=C2)c2ccccc2)c2ccccc12.c1ccc(-c2ccc3c(c2)c2ccccc2n3-c2cccc(-n3c4ccccc4c4cc(-c5ccccc5)ccc43)c2)cc1. The monoisotopic (exact) mass is 872 g/mol. The zero-order valence-electron chi connectivity index (χ0n) is 37.6. The Bertz CT molecular complexity index is 3690. The van der Waals surface area contributed by atoms with Crippen LogP contribution in [0.15, 0.2) is 261 Å². The highest BCUT2D eigenvalue weighted by molar-refractivity contribution is 6.12. The Labute approximate surface area is 396 Å². The van der Waals surface area contributed by atoms with E-state index < -0.39 is 0 Å². The second-order valence-corrected chi connectivity index (χ2v) is 17.4. The van der Waals surface area contributed by atoms with Crippen LogP contribution in [-0.2, 0) is 0 Å². The standard InChI is InChI=1S/C42H28N2.C22H20N2/c1-3-12-29(13-4-1)31-22-24-41-37(26-31)35-18-7-9-20-39(35)43(41)33-16-11-17-34(28-33)44-40-21-10-8-19-36(40)38-27-32(23-25-42(38)44)30-14-5-2-6-15-30;23-21-15-16-22(20-14-8-7-13-19(20)21)24(17-9-3-1-4-10-17)18-11-5-2-6-12-18/h1-28H;1,3-5,7-16H,2,6,23H2. The molecule has 0 bridgehead atoms. The Morgan fingerprint density at radius 1 is 0.353 bits per heavy atom. The molecule has 0 saturated carbocycles. The summed E-state index contributed by atoms with van der Waals surface area (Å²) in [6.45, 7) is 0. The minimum Gasteiger partial charge on any atom is -0.398 e. The number of anilines is 3. The summed E-state index contributed by atoms with van der Waals surface area (Å²) in [6.07, 6.45) is 8.93. The topological polar surface area (TPSA) is 39.1 Å². The van der Waals surface area contributed by atoms with Crippen molar-refractivity contribution in [3.63, 3.8) is 0 Å². The van der Waals surface area contributed by atoms with Crippen molar-refractivity contribution in [1.29, 1.82) is 0 Å². The van der Waals surface area contributed by atoms with Gasteiger partial charge in [-0.25, -0.2) is 0 Å². The van der Waals surface area contributed by atoms with E-state index in [0.29, 0.717) is 0 Å². The fourth-order valence-electron chi connectivity index (χ4n) is 10.2. The van der Waals surface area contributed by atoms with E-state index in [1.54, 1.807) is 0 Å². The molecule has 1 aliphatic carbocycles. The molecular weight excluding hydrogens is 825 g/mol. The van der Waals surface area contributed by atoms with Gasteiger partial charge in [0.2, 0.25) is 0 Å². The van der Waals surface area contributed by atoms with Gasteiger partial charge in [-0.2, -0.15) is 0 Å². The zero-order valence-corrected chi connectivity index (χ0v) is 37.6. The van der Waals surface area contributed by atoms with Gasteiger partial charge in [-0.05, 0) is 120 Å². The average Bonchev–Trinajstić information content (AvgIpc) is 3.93. The van der Waals surface area contributed by atoms with E-state index >= 15 is 0 Å². The van der Waals surface area contributed by atoms with Crippen molar-refractivity contribution in [3.8, 4) is 33.6 Å². The number of fused-ring (bicyclic) bond motifs is 7. The number of nitrogen functional groups attached to an aromatic ring is 1. The van der Waals surface area contributed by atoms with Gasteiger partial charge in [0.05, 0.1) is 27.8 Å². The molecule has 0 spiro atoms. The van der Waals surface area contributed by atoms with Gasteiger partial charge in [0, 0.05) is 60.8 Å². The summed E-state index contributed by atoms with van der Waals surface area (Å²) in [5.74, 6) is 0. The van der Waals surface area contributed by atoms with Crippen LogP contribution in [0.25, 0.3) is 88.0 Å². The molecule has 2 aromatic heterocycles. The van der Waals surface area contributed by atoms with Gasteiger partial charge in [0.15, 0.2) is 0 Å². The highest BCUT2D eigenvalue weighted by Gasteiger charge is 2.19. The Balaban J connectivity index is 0.000000169. The lowest BCUT2D eigenvalue weighted by Gasteiger charge is -2.29. The summed E-state index contributed by atoms with van der Waals surface area (Å²) < 4.78 is 4.81. The highest BCUT2D eigenvalue weighted by Crippen LogP contribution is 2.40. The van der Waals surface area contributed by atoms with Crippen LogP contribution in [-0.4, -0.2) is 9.13 Å². The molecule has 0 fully saturated rings. The molecular formula is C64H48N4. The van der Waals surface area contributed by atoms with Crippen molar-refractivity contribution >= 4 is 71.4 Å². The maximum Gasteiger partial charge on any atom is 0.0541 e. The Morgan fingerprint density at radius 3 is 1.38 bits per heavy atom. The predicted molar refractivity (Wildman–Crippen MR) is 289 cm³/mol. The molecule has 10 aromatic carbocycles. The van der Waals surface area contributed by atoms with E-state index in [-0.39, 0.29) is 0 Å². The Kier molecular flexibility index (Phi) is 10.5. The van der Waals surface area contributed by atoms with Gasteiger partial charge in [-0.1, -0.05) is 170 Å². The van der Waals surface area contributed by atoms with E-state index in [0.717, 1.165) is 46.7 Å². The van der Waals surface area contributed by atoms with Crippen LogP contribution in [0.2, 0.25) is 0 Å². The molecule has 4 nitrogen and oxygen atoms in total. The van der Waals surface area contributed by atoms with Crippen LogP contribution in [0.4, 0.5) is 17.1 Å². The van der Waals surface area contributed by atoms with Crippen LogP contribution >= 0.6 is 0 Å². The lowest BCUT2D eigenvalue weighted by Crippen LogP contribution is -2.16. The number of para-hydroxylation sites is 3. The maximum atomic E-state index is 6.20. The molecule has 324 valence electrons. The second-order valence-electron chi connectivity index (χ2n) is 17.4. The predicted octanol–water partition coefficient (Wildman–Crippen LogP) is 17.0. The minimum absolute atomic E-state index is 0.815. The summed E-state index contributed by atoms with van der Waals surface area (Å²) in [7, 11) is 0. The van der Waals surface area contributed by atoms with Gasteiger partial charge in [-0.3, -0.25) is 0 Å². The maximum absolute atomic E-state index is 6.20. The third-order valence-electron chi connectivity index (χ3n) is 13.3. The van der Waals surface area contributed by atoms with Crippen molar-refractivity contribution in [2.45, 2.75) is 12.8 Å². The lowest BCUT2D eigenvalue weighted by atomic mass is 10.0. The number of nitrogens with zero attached hydrogens (tertiary/aromatic N) is 3. The molecule has 12 aromatic rings. The molecule has 0 saturated heterocycles. The van der Waals surface area contributed by atoms with Crippen molar-refractivity contribution < 1.29 is 0 Å². The molecule has 1 aliphatic rings. The van der Waals surface area contributed by atoms with E-state index in [1.807, 2.05) is 18.2 Å². The van der Waals surface area contributed by atoms with Gasteiger partial charge in [-0.15, -0.1) is 0 Å². The third-order valence-corrected chi connectivity index (χ3v) is 13.3. The fourth-order valence-corrected chi connectivity index (χ4v) is 10.2. The van der Waals surface area contributed by atoms with Gasteiger partial charge in [0.1, 0.15) is 0 Å². The fraction of sp³-hybridized carbons (Fsp3) is 0.0312. The van der Waals surface area contributed by atoms with Crippen molar-refractivity contribution in [1.82, 2.24) is 9.13 Å². The molecule has 0 unspecified atom stereocenters. The average molecular weight is 873 g/mol. The van der Waals surface area contributed by atoms with Crippen LogP contribution in [0.1, 0.15) is 12.8 Å². The first kappa shape index (κ1) is 40.6. The lowest BCUT2D eigenvalue weighted by molar-refractivity contribution is 0.998. The number of aromatic nitrogens is 2. The number of hydrogen-bond acceptors (Lipinski definition) is 2. The first-order valence-electron chi connectivity index (χ1n) is 23.5. The minimum atomic E-state index is 0.815. The largest absolute Gasteiger partial charge is 0.398 e. The van der Waals surface area contributed by atoms with Crippen LogP contribution < -0.4 is 10.6 Å². The molecule has 2 N–H and O–H groups in total. The number of allylic oxidation sites excluding steroid dienone is 3. The molecule has 68 heavy (non-hydrogen) atoms. The Morgan fingerprint density at radius 2 is 0.838 bits per heavy atom. The summed E-state index contributed by atoms with van der Waals surface area (Å²) in [5, 5.41) is 7.31. The summed E-state index contributed by atoms with van der Waals surface area (Å²) in [6, 6.07) is 84.4. The second kappa shape index (κ2) is 17.5. The number of benzene rings is 10. The zero-order chi connectivity index (χ0) is 45.4. The van der Waals surface area contributed by atoms with Gasteiger partial charge < -0.3 is 19.8 Å². The summed E-state index contributed by atoms with van der Waals surface area (Å²) in [4.78, 5) is 2.32. The molecule has 2 heterocycles. The van der Waals surface area contributed by atoms with E-state index in [4.69, 9.17) is 5.73 Å². The molecule has 13 rings (SSSR count). The van der Waals surface area contributed by atoms with Gasteiger partial charge in [0.25, 0.3) is 0 Å². The third kappa shape index (κ3) is 7.29. The first-order chi connectivity index (χ1) is 33.7. The smallest absolute Gasteiger partial charge is 0.0541 e.